The van der Waals surface area contributed by atoms with Crippen molar-refractivity contribution in [2.24, 2.45) is 0 Å². The van der Waals surface area contributed by atoms with Crippen molar-refractivity contribution in [3.63, 3.8) is 0 Å². The van der Waals surface area contributed by atoms with Crippen molar-refractivity contribution in [3.05, 3.63) is 120 Å². The van der Waals surface area contributed by atoms with Gasteiger partial charge in [-0.25, -0.2) is 4.98 Å². The lowest BCUT2D eigenvalue weighted by atomic mass is 10.0. The second-order valence-corrected chi connectivity index (χ2v) is 8.25. The van der Waals surface area contributed by atoms with E-state index in [0.29, 0.717) is 12.8 Å². The first-order valence-corrected chi connectivity index (χ1v) is 11.2. The SMILES string of the molecule is Cc1[nH]c2ccccc2c1CC(=O)N[C@@H](Cc1ccccc1)c1nccn1-c1ccccc1. The predicted octanol–water partition coefficient (Wildman–Crippen LogP) is 5.30. The van der Waals surface area contributed by atoms with Crippen LogP contribution in [0.2, 0.25) is 0 Å². The van der Waals surface area contributed by atoms with Crippen LogP contribution in [0.15, 0.2) is 97.3 Å². The van der Waals surface area contributed by atoms with Crippen LogP contribution < -0.4 is 5.32 Å². The van der Waals surface area contributed by atoms with Gasteiger partial charge in [0.2, 0.25) is 5.91 Å². The molecule has 33 heavy (non-hydrogen) atoms. The van der Waals surface area contributed by atoms with Crippen LogP contribution in [0.5, 0.6) is 0 Å². The van der Waals surface area contributed by atoms with Gasteiger partial charge in [-0.3, -0.25) is 4.79 Å². The Labute approximate surface area is 193 Å². The summed E-state index contributed by atoms with van der Waals surface area (Å²) in [5, 5.41) is 4.37. The number of imidazole rings is 1. The molecule has 2 aromatic heterocycles. The standard InChI is InChI=1S/C28H26N4O/c1-20-24(23-14-8-9-15-25(23)30-20)19-27(33)31-26(18-21-10-4-2-5-11-21)28-29-16-17-32(28)22-12-6-3-7-13-22/h2-17,26,30H,18-19H2,1H3,(H,31,33)/t26-/m0/s1. The molecule has 0 saturated heterocycles. The molecule has 2 N–H and O–H groups in total. The quantitative estimate of drug-likeness (QED) is 0.365. The number of para-hydroxylation sites is 2. The predicted molar refractivity (Wildman–Crippen MR) is 131 cm³/mol. The number of carbonyl (C=O) groups is 1. The van der Waals surface area contributed by atoms with Crippen LogP contribution in [0.4, 0.5) is 0 Å². The van der Waals surface area contributed by atoms with Crippen LogP contribution in [0.1, 0.15) is 28.7 Å². The van der Waals surface area contributed by atoms with E-state index in [0.717, 1.165) is 39.2 Å². The van der Waals surface area contributed by atoms with Gasteiger partial charge in [0.05, 0.1) is 12.5 Å². The summed E-state index contributed by atoms with van der Waals surface area (Å²) in [5.74, 6) is 0.792. The minimum Gasteiger partial charge on any atom is -0.358 e. The summed E-state index contributed by atoms with van der Waals surface area (Å²) in [7, 11) is 0. The van der Waals surface area contributed by atoms with Gasteiger partial charge >= 0.3 is 0 Å². The Kier molecular flexibility index (Phi) is 5.77. The van der Waals surface area contributed by atoms with E-state index < -0.39 is 0 Å². The van der Waals surface area contributed by atoms with Crippen LogP contribution in [0.3, 0.4) is 0 Å². The minimum atomic E-state index is -0.263. The van der Waals surface area contributed by atoms with Crippen molar-refractivity contribution in [1.29, 1.82) is 0 Å². The zero-order valence-corrected chi connectivity index (χ0v) is 18.5. The van der Waals surface area contributed by atoms with E-state index in [1.165, 1.54) is 0 Å². The number of fused-ring (bicyclic) bond motifs is 1. The summed E-state index contributed by atoms with van der Waals surface area (Å²) >= 11 is 0. The molecule has 0 aliphatic heterocycles. The lowest BCUT2D eigenvalue weighted by Gasteiger charge is -2.20. The average Bonchev–Trinajstić information content (AvgIpc) is 3.45. The van der Waals surface area contributed by atoms with Gasteiger partial charge in [0.25, 0.3) is 0 Å². The molecule has 0 spiro atoms. The van der Waals surface area contributed by atoms with E-state index in [1.54, 1.807) is 6.20 Å². The average molecular weight is 435 g/mol. The zero-order chi connectivity index (χ0) is 22.6. The van der Waals surface area contributed by atoms with Crippen LogP contribution in [0, 0.1) is 6.92 Å². The highest BCUT2D eigenvalue weighted by molar-refractivity contribution is 5.90. The Hall–Kier alpha value is -4.12. The highest BCUT2D eigenvalue weighted by Gasteiger charge is 2.22. The maximum absolute atomic E-state index is 13.3. The number of carbonyl (C=O) groups excluding carboxylic acids is 1. The number of aromatic amines is 1. The van der Waals surface area contributed by atoms with Crippen LogP contribution in [-0.4, -0.2) is 20.4 Å². The molecular weight excluding hydrogens is 408 g/mol. The van der Waals surface area contributed by atoms with Gasteiger partial charge in [-0.05, 0) is 42.7 Å². The second kappa shape index (κ2) is 9.17. The topological polar surface area (TPSA) is 62.7 Å². The molecule has 164 valence electrons. The molecule has 0 saturated carbocycles. The molecular formula is C28H26N4O. The van der Waals surface area contributed by atoms with Gasteiger partial charge in [0.15, 0.2) is 0 Å². The van der Waals surface area contributed by atoms with Crippen molar-refractivity contribution in [1.82, 2.24) is 19.9 Å². The van der Waals surface area contributed by atoms with Crippen LogP contribution in [0.25, 0.3) is 16.6 Å². The fourth-order valence-electron chi connectivity index (χ4n) is 4.40. The highest BCUT2D eigenvalue weighted by atomic mass is 16.1. The molecule has 5 heteroatoms. The van der Waals surface area contributed by atoms with Crippen LogP contribution in [-0.2, 0) is 17.6 Å². The van der Waals surface area contributed by atoms with E-state index >= 15 is 0 Å². The summed E-state index contributed by atoms with van der Waals surface area (Å²) in [4.78, 5) is 21.3. The molecule has 0 aliphatic carbocycles. The third-order valence-corrected chi connectivity index (χ3v) is 6.00. The lowest BCUT2D eigenvalue weighted by Crippen LogP contribution is -2.33. The van der Waals surface area contributed by atoms with Crippen molar-refractivity contribution in [2.45, 2.75) is 25.8 Å². The maximum atomic E-state index is 13.3. The Morgan fingerprint density at radius 3 is 2.45 bits per heavy atom. The summed E-state index contributed by atoms with van der Waals surface area (Å²) in [5.41, 5.74) is 5.28. The van der Waals surface area contributed by atoms with E-state index in [9.17, 15) is 4.79 Å². The van der Waals surface area contributed by atoms with Gasteiger partial charge < -0.3 is 14.9 Å². The molecule has 3 aromatic carbocycles. The number of rotatable bonds is 7. The number of hydrogen-bond acceptors (Lipinski definition) is 2. The smallest absolute Gasteiger partial charge is 0.225 e. The number of aryl methyl sites for hydroxylation is 1. The lowest BCUT2D eigenvalue weighted by molar-refractivity contribution is -0.121. The molecule has 0 aliphatic rings. The fraction of sp³-hybridized carbons (Fsp3) is 0.143. The van der Waals surface area contributed by atoms with Crippen LogP contribution >= 0.6 is 0 Å². The first kappa shape index (κ1) is 20.8. The Morgan fingerprint density at radius 1 is 0.970 bits per heavy atom. The summed E-state index contributed by atoms with van der Waals surface area (Å²) < 4.78 is 2.05. The molecule has 0 fully saturated rings. The number of H-pyrrole nitrogens is 1. The van der Waals surface area contributed by atoms with E-state index in [4.69, 9.17) is 0 Å². The third-order valence-electron chi connectivity index (χ3n) is 6.00. The monoisotopic (exact) mass is 434 g/mol. The van der Waals surface area contributed by atoms with Crippen molar-refractivity contribution in [3.8, 4) is 5.69 Å². The molecule has 5 aromatic rings. The van der Waals surface area contributed by atoms with E-state index in [-0.39, 0.29) is 11.9 Å². The number of hydrogen-bond donors (Lipinski definition) is 2. The summed E-state index contributed by atoms with van der Waals surface area (Å²) in [6.07, 6.45) is 4.70. The molecule has 2 heterocycles. The summed E-state index contributed by atoms with van der Waals surface area (Å²) in [6, 6.07) is 28.1. The first-order valence-electron chi connectivity index (χ1n) is 11.2. The Morgan fingerprint density at radius 2 is 1.67 bits per heavy atom. The maximum Gasteiger partial charge on any atom is 0.225 e. The second-order valence-electron chi connectivity index (χ2n) is 8.25. The van der Waals surface area contributed by atoms with Gasteiger partial charge in [-0.1, -0.05) is 66.7 Å². The first-order chi connectivity index (χ1) is 16.2. The number of benzene rings is 3. The molecule has 0 bridgehead atoms. The molecule has 5 rings (SSSR count). The van der Waals surface area contributed by atoms with Gasteiger partial charge in [-0.2, -0.15) is 0 Å². The van der Waals surface area contributed by atoms with Gasteiger partial charge in [0, 0.05) is 34.7 Å². The molecule has 0 unspecified atom stereocenters. The Balaban J connectivity index is 1.45. The van der Waals surface area contributed by atoms with Crippen molar-refractivity contribution in [2.75, 3.05) is 0 Å². The highest BCUT2D eigenvalue weighted by Crippen LogP contribution is 2.24. The normalized spacial score (nSPS) is 12.0. The number of aromatic nitrogens is 3. The van der Waals surface area contributed by atoms with Gasteiger partial charge in [0.1, 0.15) is 5.82 Å². The third kappa shape index (κ3) is 4.44. The van der Waals surface area contributed by atoms with Crippen molar-refractivity contribution < 1.29 is 4.79 Å². The summed E-state index contributed by atoms with van der Waals surface area (Å²) in [6.45, 7) is 2.02. The van der Waals surface area contributed by atoms with E-state index in [2.05, 4.69) is 33.5 Å². The van der Waals surface area contributed by atoms with Gasteiger partial charge in [-0.15, -0.1) is 0 Å². The molecule has 0 radical (unpaired) electrons. The fourth-order valence-corrected chi connectivity index (χ4v) is 4.40. The zero-order valence-electron chi connectivity index (χ0n) is 18.5. The minimum absolute atomic E-state index is 0.0219. The number of nitrogens with one attached hydrogen (secondary N) is 2. The number of amides is 1. The number of nitrogens with zero attached hydrogens (tertiary/aromatic N) is 2. The van der Waals surface area contributed by atoms with E-state index in [1.807, 2.05) is 84.4 Å². The van der Waals surface area contributed by atoms with Crippen molar-refractivity contribution >= 4 is 16.8 Å². The molecule has 1 atom stereocenters. The Bertz CT molecular complexity index is 1370. The molecule has 5 nitrogen and oxygen atoms in total. The molecule has 1 amide bonds. The largest absolute Gasteiger partial charge is 0.358 e.